The molecule has 0 aromatic carbocycles. The predicted molar refractivity (Wildman–Crippen MR) is 72.3 cm³/mol. The Hall–Kier alpha value is -1.44. The number of anilines is 1. The number of nitrogens with one attached hydrogen (secondary N) is 1. The van der Waals surface area contributed by atoms with E-state index in [0.717, 1.165) is 0 Å². The average molecular weight is 283 g/mol. The van der Waals surface area contributed by atoms with Crippen molar-refractivity contribution in [2.45, 2.75) is 32.5 Å². The molecule has 0 aliphatic carbocycles. The fourth-order valence-corrected chi connectivity index (χ4v) is 2.43. The van der Waals surface area contributed by atoms with Crippen LogP contribution in [0.2, 0.25) is 0 Å². The number of morpholine rings is 1. The van der Waals surface area contributed by atoms with Crippen molar-refractivity contribution < 1.29 is 19.2 Å². The zero-order chi connectivity index (χ0) is 14.8. The molecule has 1 amide bonds. The highest BCUT2D eigenvalue weighted by Crippen LogP contribution is 2.20. The number of aliphatic hydroxyl groups excluding tert-OH is 1. The second-order valence-corrected chi connectivity index (χ2v) is 5.73. The summed E-state index contributed by atoms with van der Waals surface area (Å²) < 4.78 is 10.6. The van der Waals surface area contributed by atoms with Gasteiger partial charge in [0.15, 0.2) is 0 Å². The molecule has 7 heteroatoms. The molecule has 2 N–H and O–H groups in total. The van der Waals surface area contributed by atoms with E-state index in [0.29, 0.717) is 24.7 Å². The Morgan fingerprint density at radius 3 is 3.00 bits per heavy atom. The maximum Gasteiger partial charge on any atom is 0.240 e. The van der Waals surface area contributed by atoms with Crippen molar-refractivity contribution in [3.05, 3.63) is 11.8 Å². The Morgan fingerprint density at radius 1 is 1.65 bits per heavy atom. The van der Waals surface area contributed by atoms with Crippen LogP contribution in [0.5, 0.6) is 0 Å². The van der Waals surface area contributed by atoms with E-state index in [-0.39, 0.29) is 30.8 Å². The molecular formula is C13H21N3O4. The normalized spacial score (nSPS) is 22.7. The molecule has 1 aliphatic heterocycles. The third-order valence-corrected chi connectivity index (χ3v) is 3.01. The van der Waals surface area contributed by atoms with Gasteiger partial charge in [-0.05, 0) is 20.8 Å². The first-order chi connectivity index (χ1) is 9.38. The number of aryl methyl sites for hydroxylation is 1. The lowest BCUT2D eigenvalue weighted by Crippen LogP contribution is -2.55. The first kappa shape index (κ1) is 15.0. The quantitative estimate of drug-likeness (QED) is 0.831. The van der Waals surface area contributed by atoms with Crippen molar-refractivity contribution >= 4 is 11.8 Å². The van der Waals surface area contributed by atoms with Crippen LogP contribution in [0.25, 0.3) is 0 Å². The minimum absolute atomic E-state index is 0.0527. The summed E-state index contributed by atoms with van der Waals surface area (Å²) in [6, 6.07) is 1.66. The van der Waals surface area contributed by atoms with Gasteiger partial charge in [-0.25, -0.2) is 0 Å². The van der Waals surface area contributed by atoms with Gasteiger partial charge < -0.3 is 14.4 Å². The molecule has 1 aromatic heterocycles. The van der Waals surface area contributed by atoms with Gasteiger partial charge in [0.05, 0.1) is 30.6 Å². The van der Waals surface area contributed by atoms with Crippen molar-refractivity contribution in [3.8, 4) is 0 Å². The molecule has 1 atom stereocenters. The van der Waals surface area contributed by atoms with E-state index in [9.17, 15) is 9.90 Å². The fourth-order valence-electron chi connectivity index (χ4n) is 2.43. The number of hydrogen-bond acceptors (Lipinski definition) is 6. The number of carbonyl (C=O) groups is 1. The maximum atomic E-state index is 12.0. The number of ether oxygens (including phenoxy) is 1. The summed E-state index contributed by atoms with van der Waals surface area (Å²) in [7, 11) is 0. The molecule has 0 bridgehead atoms. The molecule has 2 heterocycles. The highest BCUT2D eigenvalue weighted by molar-refractivity contribution is 5.90. The minimum Gasteiger partial charge on any atom is -0.394 e. The van der Waals surface area contributed by atoms with Gasteiger partial charge in [0, 0.05) is 19.2 Å². The molecule has 1 fully saturated rings. The molecule has 1 aliphatic rings. The number of aliphatic hydroxyl groups is 1. The predicted octanol–water partition coefficient (Wildman–Crippen LogP) is 0.393. The zero-order valence-electron chi connectivity index (χ0n) is 12.0. The Balaban J connectivity index is 1.90. The zero-order valence-corrected chi connectivity index (χ0v) is 12.0. The fraction of sp³-hybridized carbons (Fsp3) is 0.692. The number of hydrogen-bond donors (Lipinski definition) is 2. The highest BCUT2D eigenvalue weighted by Gasteiger charge is 2.33. The summed E-state index contributed by atoms with van der Waals surface area (Å²) in [5.41, 5.74) is 0.336. The molecule has 112 valence electrons. The summed E-state index contributed by atoms with van der Waals surface area (Å²) in [4.78, 5) is 13.9. The van der Waals surface area contributed by atoms with E-state index in [1.807, 2.05) is 18.7 Å². The van der Waals surface area contributed by atoms with Gasteiger partial charge in [-0.15, -0.1) is 0 Å². The largest absolute Gasteiger partial charge is 0.394 e. The van der Waals surface area contributed by atoms with Crippen LogP contribution in [0, 0.1) is 6.92 Å². The first-order valence-electron chi connectivity index (χ1n) is 6.62. The highest BCUT2D eigenvalue weighted by atomic mass is 16.5. The van der Waals surface area contributed by atoms with Gasteiger partial charge in [0.25, 0.3) is 0 Å². The monoisotopic (exact) mass is 283 g/mol. The standard InChI is InChI=1S/C13H21N3O4/c1-9-4-12(20-15-9)14-11(18)6-16-5-10(7-17)19-13(2,3)8-16/h4,10,17H,5-8H2,1-3H3,(H,14,18). The van der Waals surface area contributed by atoms with E-state index in [4.69, 9.17) is 9.26 Å². The van der Waals surface area contributed by atoms with Gasteiger partial charge in [-0.1, -0.05) is 5.16 Å². The van der Waals surface area contributed by atoms with E-state index >= 15 is 0 Å². The third kappa shape index (κ3) is 4.03. The second-order valence-electron chi connectivity index (χ2n) is 5.73. The third-order valence-electron chi connectivity index (χ3n) is 3.01. The van der Waals surface area contributed by atoms with Crippen molar-refractivity contribution in [2.24, 2.45) is 0 Å². The van der Waals surface area contributed by atoms with Gasteiger partial charge in [0.2, 0.25) is 11.8 Å². The van der Waals surface area contributed by atoms with Crippen LogP contribution in [-0.2, 0) is 9.53 Å². The Morgan fingerprint density at radius 2 is 2.40 bits per heavy atom. The number of rotatable bonds is 4. The lowest BCUT2D eigenvalue weighted by Gasteiger charge is -2.41. The molecule has 20 heavy (non-hydrogen) atoms. The molecule has 1 aromatic rings. The smallest absolute Gasteiger partial charge is 0.240 e. The van der Waals surface area contributed by atoms with Gasteiger partial charge in [-0.2, -0.15) is 0 Å². The number of nitrogens with zero attached hydrogens (tertiary/aromatic N) is 2. The van der Waals surface area contributed by atoms with Crippen LogP contribution in [0.3, 0.4) is 0 Å². The van der Waals surface area contributed by atoms with Crippen LogP contribution in [0.4, 0.5) is 5.88 Å². The van der Waals surface area contributed by atoms with Crippen LogP contribution in [0.1, 0.15) is 19.5 Å². The summed E-state index contributed by atoms with van der Waals surface area (Å²) in [6.45, 7) is 7.01. The second kappa shape index (κ2) is 5.90. The molecule has 1 saturated heterocycles. The Labute approximate surface area is 117 Å². The molecule has 1 unspecified atom stereocenters. The summed E-state index contributed by atoms with van der Waals surface area (Å²) in [5.74, 6) is 0.175. The molecule has 7 nitrogen and oxygen atoms in total. The SMILES string of the molecule is Cc1cc(NC(=O)CN2CC(CO)OC(C)(C)C2)on1. The van der Waals surface area contributed by atoms with Crippen molar-refractivity contribution in [3.63, 3.8) is 0 Å². The van der Waals surface area contributed by atoms with Crippen molar-refractivity contribution in [1.82, 2.24) is 10.1 Å². The number of carbonyl (C=O) groups excluding carboxylic acids is 1. The van der Waals surface area contributed by atoms with Gasteiger partial charge >= 0.3 is 0 Å². The van der Waals surface area contributed by atoms with E-state index < -0.39 is 0 Å². The Bertz CT molecular complexity index is 472. The lowest BCUT2D eigenvalue weighted by molar-refractivity contribution is -0.151. The van der Waals surface area contributed by atoms with Crippen LogP contribution in [-0.4, -0.2) is 59.0 Å². The van der Waals surface area contributed by atoms with E-state index in [2.05, 4.69) is 10.5 Å². The van der Waals surface area contributed by atoms with Crippen LogP contribution >= 0.6 is 0 Å². The molecular weight excluding hydrogens is 262 g/mol. The average Bonchev–Trinajstić information content (AvgIpc) is 2.72. The minimum atomic E-state index is -0.380. The van der Waals surface area contributed by atoms with E-state index in [1.54, 1.807) is 13.0 Å². The molecule has 0 spiro atoms. The molecule has 0 saturated carbocycles. The summed E-state index contributed by atoms with van der Waals surface area (Å²) >= 11 is 0. The van der Waals surface area contributed by atoms with E-state index in [1.165, 1.54) is 0 Å². The van der Waals surface area contributed by atoms with Crippen LogP contribution in [0.15, 0.2) is 10.6 Å². The van der Waals surface area contributed by atoms with Gasteiger partial charge in [-0.3, -0.25) is 15.0 Å². The van der Waals surface area contributed by atoms with Crippen molar-refractivity contribution in [2.75, 3.05) is 31.6 Å². The summed E-state index contributed by atoms with van der Waals surface area (Å²) in [5, 5.41) is 15.6. The Kier molecular flexibility index (Phi) is 4.42. The summed E-state index contributed by atoms with van der Waals surface area (Å²) in [6.07, 6.45) is -0.265. The van der Waals surface area contributed by atoms with Crippen LogP contribution < -0.4 is 5.32 Å². The topological polar surface area (TPSA) is 87.8 Å². The first-order valence-corrected chi connectivity index (χ1v) is 6.62. The molecule has 0 radical (unpaired) electrons. The maximum absolute atomic E-state index is 12.0. The number of amides is 1. The van der Waals surface area contributed by atoms with Crippen molar-refractivity contribution in [1.29, 1.82) is 0 Å². The lowest BCUT2D eigenvalue weighted by atomic mass is 10.1. The number of aromatic nitrogens is 1. The van der Waals surface area contributed by atoms with Gasteiger partial charge in [0.1, 0.15) is 0 Å². The molecule has 2 rings (SSSR count).